The van der Waals surface area contributed by atoms with E-state index in [0.717, 1.165) is 11.3 Å². The van der Waals surface area contributed by atoms with Gasteiger partial charge in [-0.25, -0.2) is 0 Å². The fraction of sp³-hybridized carbons (Fsp3) is 0.462. The Kier molecular flexibility index (Phi) is 5.49. The largest absolute Gasteiger partial charge is 0.494 e. The lowest BCUT2D eigenvalue weighted by molar-refractivity contribution is -0.140. The van der Waals surface area contributed by atoms with E-state index in [0.29, 0.717) is 19.4 Å². The van der Waals surface area contributed by atoms with Gasteiger partial charge in [-0.15, -0.1) is 0 Å². The lowest BCUT2D eigenvalue weighted by Crippen LogP contribution is -2.06. The van der Waals surface area contributed by atoms with Crippen LogP contribution in [-0.2, 0) is 9.53 Å². The van der Waals surface area contributed by atoms with Crippen LogP contribution in [-0.4, -0.2) is 19.7 Å². The molecule has 0 spiro atoms. The molecule has 0 aliphatic heterocycles. The second-order valence-electron chi connectivity index (χ2n) is 3.89. The van der Waals surface area contributed by atoms with Crippen molar-refractivity contribution in [2.45, 2.75) is 25.8 Å². The summed E-state index contributed by atoms with van der Waals surface area (Å²) in [4.78, 5) is 10.9. The number of methoxy groups -OCH3 is 1. The highest BCUT2D eigenvalue weighted by Crippen LogP contribution is 2.17. The highest BCUT2D eigenvalue weighted by atomic mass is 16.5. The highest BCUT2D eigenvalue weighted by Gasteiger charge is 2.02. The molecular formula is C13H19NO3. The Morgan fingerprint density at radius 3 is 2.88 bits per heavy atom. The molecule has 94 valence electrons. The number of carbonyl (C=O) groups is 1. The van der Waals surface area contributed by atoms with Crippen LogP contribution < -0.4 is 10.5 Å². The summed E-state index contributed by atoms with van der Waals surface area (Å²) in [5.41, 5.74) is 6.82. The smallest absolute Gasteiger partial charge is 0.305 e. The van der Waals surface area contributed by atoms with Gasteiger partial charge in [0.2, 0.25) is 0 Å². The van der Waals surface area contributed by atoms with Crippen LogP contribution in [0, 0.1) is 0 Å². The number of rotatable bonds is 6. The van der Waals surface area contributed by atoms with Gasteiger partial charge >= 0.3 is 5.97 Å². The van der Waals surface area contributed by atoms with Gasteiger partial charge in [-0.05, 0) is 31.0 Å². The van der Waals surface area contributed by atoms with Crippen LogP contribution in [0.15, 0.2) is 24.3 Å². The fourth-order valence-electron chi connectivity index (χ4n) is 1.40. The number of benzene rings is 1. The van der Waals surface area contributed by atoms with Crippen LogP contribution in [0.25, 0.3) is 0 Å². The van der Waals surface area contributed by atoms with Gasteiger partial charge in [0.15, 0.2) is 0 Å². The molecule has 0 radical (unpaired) electrons. The average Bonchev–Trinajstić information content (AvgIpc) is 2.34. The first-order valence-corrected chi connectivity index (χ1v) is 5.68. The second-order valence-corrected chi connectivity index (χ2v) is 3.89. The predicted octanol–water partition coefficient (Wildman–Crippen LogP) is 2.04. The van der Waals surface area contributed by atoms with Crippen LogP contribution in [0.5, 0.6) is 5.75 Å². The van der Waals surface area contributed by atoms with E-state index >= 15 is 0 Å². The maximum atomic E-state index is 10.9. The first-order chi connectivity index (χ1) is 8.13. The Hall–Kier alpha value is -1.55. The molecule has 1 aromatic carbocycles. The summed E-state index contributed by atoms with van der Waals surface area (Å²) < 4.78 is 10.1. The Morgan fingerprint density at radius 2 is 2.24 bits per heavy atom. The number of carbonyl (C=O) groups excluding carboxylic acids is 1. The SMILES string of the molecule is COC(=O)CCCOc1cccc([C@@H](C)N)c1. The van der Waals surface area contributed by atoms with E-state index in [-0.39, 0.29) is 12.0 Å². The summed E-state index contributed by atoms with van der Waals surface area (Å²) in [6, 6.07) is 7.67. The van der Waals surface area contributed by atoms with E-state index < -0.39 is 0 Å². The Morgan fingerprint density at radius 1 is 1.47 bits per heavy atom. The molecule has 0 bridgehead atoms. The fourth-order valence-corrected chi connectivity index (χ4v) is 1.40. The van der Waals surface area contributed by atoms with Crippen LogP contribution in [0.4, 0.5) is 0 Å². The van der Waals surface area contributed by atoms with Crippen molar-refractivity contribution >= 4 is 5.97 Å². The van der Waals surface area contributed by atoms with E-state index in [2.05, 4.69) is 4.74 Å². The van der Waals surface area contributed by atoms with Crippen molar-refractivity contribution in [3.8, 4) is 5.75 Å². The summed E-state index contributed by atoms with van der Waals surface area (Å²) in [5, 5.41) is 0. The van der Waals surface area contributed by atoms with Gasteiger partial charge in [0.25, 0.3) is 0 Å². The van der Waals surface area contributed by atoms with Crippen LogP contribution in [0.2, 0.25) is 0 Å². The zero-order valence-electron chi connectivity index (χ0n) is 10.3. The van der Waals surface area contributed by atoms with Crippen LogP contribution in [0.1, 0.15) is 31.4 Å². The first kappa shape index (κ1) is 13.5. The molecule has 4 nitrogen and oxygen atoms in total. The monoisotopic (exact) mass is 237 g/mol. The molecule has 0 aliphatic rings. The molecule has 0 unspecified atom stereocenters. The number of hydrogen-bond donors (Lipinski definition) is 1. The third-order valence-electron chi connectivity index (χ3n) is 2.41. The third kappa shape index (κ3) is 4.87. The summed E-state index contributed by atoms with van der Waals surface area (Å²) in [7, 11) is 1.38. The van der Waals surface area contributed by atoms with Gasteiger partial charge in [-0.2, -0.15) is 0 Å². The van der Waals surface area contributed by atoms with E-state index in [4.69, 9.17) is 10.5 Å². The predicted molar refractivity (Wildman–Crippen MR) is 65.8 cm³/mol. The second kappa shape index (κ2) is 6.91. The third-order valence-corrected chi connectivity index (χ3v) is 2.41. The quantitative estimate of drug-likeness (QED) is 0.607. The summed E-state index contributed by atoms with van der Waals surface area (Å²) in [6.45, 7) is 2.42. The molecule has 0 aliphatic carbocycles. The molecule has 17 heavy (non-hydrogen) atoms. The molecular weight excluding hydrogens is 218 g/mol. The number of hydrogen-bond acceptors (Lipinski definition) is 4. The maximum absolute atomic E-state index is 10.9. The molecule has 0 fully saturated rings. The summed E-state index contributed by atoms with van der Waals surface area (Å²) >= 11 is 0. The van der Waals surface area contributed by atoms with E-state index in [1.165, 1.54) is 7.11 Å². The molecule has 0 aromatic heterocycles. The van der Waals surface area contributed by atoms with Crippen molar-refractivity contribution in [2.75, 3.05) is 13.7 Å². The van der Waals surface area contributed by atoms with Gasteiger partial charge in [-0.3, -0.25) is 4.79 Å². The van der Waals surface area contributed by atoms with Gasteiger partial charge in [0.1, 0.15) is 5.75 Å². The van der Waals surface area contributed by atoms with E-state index in [9.17, 15) is 4.79 Å². The molecule has 2 N–H and O–H groups in total. The van der Waals surface area contributed by atoms with E-state index in [1.807, 2.05) is 31.2 Å². The van der Waals surface area contributed by atoms with Gasteiger partial charge in [0.05, 0.1) is 13.7 Å². The molecule has 0 amide bonds. The molecule has 1 rings (SSSR count). The summed E-state index contributed by atoms with van der Waals surface area (Å²) in [5.74, 6) is 0.572. The minimum Gasteiger partial charge on any atom is -0.494 e. The highest BCUT2D eigenvalue weighted by molar-refractivity contribution is 5.69. The topological polar surface area (TPSA) is 61.5 Å². The van der Waals surface area contributed by atoms with Crippen molar-refractivity contribution in [1.82, 2.24) is 0 Å². The standard InChI is InChI=1S/C13H19NO3/c1-10(14)11-5-3-6-12(9-11)17-8-4-7-13(15)16-2/h3,5-6,9-10H,4,7-8,14H2,1-2H3/t10-/m1/s1. The van der Waals surface area contributed by atoms with Crippen molar-refractivity contribution < 1.29 is 14.3 Å². The molecule has 1 atom stereocenters. The van der Waals surface area contributed by atoms with Crippen molar-refractivity contribution in [3.63, 3.8) is 0 Å². The zero-order valence-corrected chi connectivity index (χ0v) is 10.3. The minimum atomic E-state index is -0.210. The molecule has 1 aromatic rings. The average molecular weight is 237 g/mol. The van der Waals surface area contributed by atoms with Crippen molar-refractivity contribution in [2.24, 2.45) is 5.73 Å². The van der Waals surface area contributed by atoms with Crippen LogP contribution in [0.3, 0.4) is 0 Å². The molecule has 0 saturated carbocycles. The Labute approximate surface area is 102 Å². The number of ether oxygens (including phenoxy) is 2. The van der Waals surface area contributed by atoms with Crippen molar-refractivity contribution in [1.29, 1.82) is 0 Å². The Balaban J connectivity index is 2.36. The van der Waals surface area contributed by atoms with Crippen molar-refractivity contribution in [3.05, 3.63) is 29.8 Å². The lowest BCUT2D eigenvalue weighted by Gasteiger charge is -2.09. The first-order valence-electron chi connectivity index (χ1n) is 5.68. The molecule has 0 saturated heterocycles. The number of esters is 1. The number of nitrogens with two attached hydrogens (primary N) is 1. The summed E-state index contributed by atoms with van der Waals surface area (Å²) in [6.07, 6.45) is 1.03. The zero-order chi connectivity index (χ0) is 12.7. The van der Waals surface area contributed by atoms with Gasteiger partial charge in [0, 0.05) is 12.5 Å². The van der Waals surface area contributed by atoms with Gasteiger partial charge in [-0.1, -0.05) is 12.1 Å². The minimum absolute atomic E-state index is 0.00591. The molecule has 4 heteroatoms. The van der Waals surface area contributed by atoms with E-state index in [1.54, 1.807) is 0 Å². The van der Waals surface area contributed by atoms with Crippen LogP contribution >= 0.6 is 0 Å². The Bertz CT molecular complexity index is 363. The maximum Gasteiger partial charge on any atom is 0.305 e. The normalized spacial score (nSPS) is 11.9. The molecule has 0 heterocycles. The van der Waals surface area contributed by atoms with Gasteiger partial charge < -0.3 is 15.2 Å². The lowest BCUT2D eigenvalue weighted by atomic mass is 10.1.